The van der Waals surface area contributed by atoms with Crippen LogP contribution in [-0.4, -0.2) is 51.4 Å². The molecule has 0 unspecified atom stereocenters. The standard InChI is InChI=1S/C19H17Br2F3N2O5/c20-13-5-11-12(6-14(13)21)18(30)26(17(11)29)7-16(28)31-8-15(27)25-10-3-1-2-9(4-10)19(22,23)24/h1-4,11-14H,5-8H2,(H,25,27)/t11-,12-,13+,14+/m1/s1. The van der Waals surface area contributed by atoms with E-state index >= 15 is 0 Å². The van der Waals surface area contributed by atoms with Crippen molar-refractivity contribution >= 4 is 61.2 Å². The van der Waals surface area contributed by atoms with Gasteiger partial charge in [-0.3, -0.25) is 24.1 Å². The van der Waals surface area contributed by atoms with Crippen molar-refractivity contribution < 1.29 is 37.1 Å². The third-order valence-electron chi connectivity index (χ3n) is 5.13. The Morgan fingerprint density at radius 1 is 1.10 bits per heavy atom. The summed E-state index contributed by atoms with van der Waals surface area (Å²) in [6.45, 7) is -1.40. The largest absolute Gasteiger partial charge is 0.454 e. The van der Waals surface area contributed by atoms with Crippen LogP contribution in [0.5, 0.6) is 0 Å². The number of nitrogens with one attached hydrogen (secondary N) is 1. The molecule has 4 atom stereocenters. The van der Waals surface area contributed by atoms with E-state index in [-0.39, 0.29) is 15.3 Å². The normalized spacial score (nSPS) is 25.9. The lowest BCUT2D eigenvalue weighted by Gasteiger charge is -2.29. The molecule has 3 amide bonds. The Balaban J connectivity index is 1.52. The number of carbonyl (C=O) groups is 4. The molecule has 2 fully saturated rings. The molecule has 0 aromatic heterocycles. The molecular weight excluding hydrogens is 553 g/mol. The van der Waals surface area contributed by atoms with Crippen molar-refractivity contribution in [1.29, 1.82) is 0 Å². The van der Waals surface area contributed by atoms with Crippen molar-refractivity contribution in [3.05, 3.63) is 29.8 Å². The van der Waals surface area contributed by atoms with E-state index in [1.807, 2.05) is 0 Å². The van der Waals surface area contributed by atoms with Crippen LogP contribution in [0, 0.1) is 11.8 Å². The van der Waals surface area contributed by atoms with Gasteiger partial charge in [-0.1, -0.05) is 37.9 Å². The number of anilines is 1. The van der Waals surface area contributed by atoms with Crippen molar-refractivity contribution in [2.45, 2.75) is 28.7 Å². The van der Waals surface area contributed by atoms with Crippen LogP contribution in [0.4, 0.5) is 18.9 Å². The number of nitrogens with zero attached hydrogens (tertiary/aromatic N) is 1. The topological polar surface area (TPSA) is 92.8 Å². The predicted octanol–water partition coefficient (Wildman–Crippen LogP) is 3.11. The second-order valence-electron chi connectivity index (χ2n) is 7.27. The van der Waals surface area contributed by atoms with E-state index in [0.29, 0.717) is 12.8 Å². The summed E-state index contributed by atoms with van der Waals surface area (Å²) in [6.07, 6.45) is -3.66. The summed E-state index contributed by atoms with van der Waals surface area (Å²) in [6, 6.07) is 3.99. The molecule has 168 valence electrons. The van der Waals surface area contributed by atoms with Gasteiger partial charge >= 0.3 is 12.1 Å². The van der Waals surface area contributed by atoms with Crippen LogP contribution in [0.15, 0.2) is 24.3 Å². The quantitative estimate of drug-likeness (QED) is 0.334. The number of ether oxygens (including phenoxy) is 1. The lowest BCUT2D eigenvalue weighted by atomic mass is 9.81. The maximum absolute atomic E-state index is 12.7. The van der Waals surface area contributed by atoms with Gasteiger partial charge in [0.05, 0.1) is 17.4 Å². The highest BCUT2D eigenvalue weighted by Gasteiger charge is 2.52. The molecule has 7 nitrogen and oxygen atoms in total. The highest BCUT2D eigenvalue weighted by molar-refractivity contribution is 9.12. The van der Waals surface area contributed by atoms with Crippen LogP contribution in [0.2, 0.25) is 0 Å². The molecule has 1 aliphatic carbocycles. The van der Waals surface area contributed by atoms with Crippen LogP contribution in [-0.2, 0) is 30.1 Å². The lowest BCUT2D eigenvalue weighted by molar-refractivity contribution is -0.154. The molecule has 0 radical (unpaired) electrons. The molecule has 31 heavy (non-hydrogen) atoms. The number of hydrogen-bond acceptors (Lipinski definition) is 5. The molecule has 0 bridgehead atoms. The molecule has 2 aliphatic rings. The molecule has 1 aliphatic heterocycles. The molecule has 1 heterocycles. The summed E-state index contributed by atoms with van der Waals surface area (Å²) >= 11 is 6.93. The van der Waals surface area contributed by atoms with E-state index in [1.165, 1.54) is 6.07 Å². The Kier molecular flexibility index (Phi) is 7.09. The molecule has 3 rings (SSSR count). The first-order valence-electron chi connectivity index (χ1n) is 9.23. The summed E-state index contributed by atoms with van der Waals surface area (Å²) in [5, 5.41) is 2.20. The van der Waals surface area contributed by atoms with Crippen molar-refractivity contribution in [3.8, 4) is 0 Å². The zero-order valence-corrected chi connectivity index (χ0v) is 19.0. The second kappa shape index (κ2) is 9.27. The Labute approximate surface area is 191 Å². The molecule has 1 aromatic rings. The first-order chi connectivity index (χ1) is 14.5. The molecule has 1 N–H and O–H groups in total. The van der Waals surface area contributed by atoms with Gasteiger partial charge in [-0.05, 0) is 31.0 Å². The first kappa shape index (κ1) is 23.7. The van der Waals surface area contributed by atoms with Gasteiger partial charge in [-0.25, -0.2) is 0 Å². The van der Waals surface area contributed by atoms with Crippen LogP contribution < -0.4 is 5.32 Å². The maximum Gasteiger partial charge on any atom is 0.416 e. The number of rotatable bonds is 5. The van der Waals surface area contributed by atoms with Gasteiger partial charge in [-0.2, -0.15) is 13.2 Å². The fraction of sp³-hybridized carbons (Fsp3) is 0.474. The monoisotopic (exact) mass is 568 g/mol. The van der Waals surface area contributed by atoms with Gasteiger partial charge in [0.1, 0.15) is 6.54 Å². The zero-order chi connectivity index (χ0) is 22.9. The van der Waals surface area contributed by atoms with Gasteiger partial charge in [0.2, 0.25) is 11.8 Å². The molecule has 1 saturated carbocycles. The molecule has 1 aromatic carbocycles. The Hall–Kier alpha value is -1.95. The molecular formula is C19H17Br2F3N2O5. The summed E-state index contributed by atoms with van der Waals surface area (Å²) in [5.41, 5.74) is -1.05. The number of imide groups is 1. The minimum Gasteiger partial charge on any atom is -0.454 e. The lowest BCUT2D eigenvalue weighted by Crippen LogP contribution is -2.37. The van der Waals surface area contributed by atoms with Crippen molar-refractivity contribution in [2.75, 3.05) is 18.5 Å². The van der Waals surface area contributed by atoms with Crippen molar-refractivity contribution in [1.82, 2.24) is 4.90 Å². The fourth-order valence-corrected chi connectivity index (χ4v) is 4.85. The van der Waals surface area contributed by atoms with Gasteiger partial charge in [0.25, 0.3) is 5.91 Å². The SMILES string of the molecule is O=C(COC(=O)CN1C(=O)[C@@H]2C[C@H](Br)[C@@H](Br)C[C@H]2C1=O)Nc1cccc(C(F)(F)F)c1. The number of fused-ring (bicyclic) bond motifs is 1. The number of hydrogen-bond donors (Lipinski definition) is 1. The predicted molar refractivity (Wildman–Crippen MR) is 109 cm³/mol. The van der Waals surface area contributed by atoms with Crippen LogP contribution in [0.25, 0.3) is 0 Å². The van der Waals surface area contributed by atoms with Crippen molar-refractivity contribution in [2.24, 2.45) is 11.8 Å². The number of halogens is 5. The number of alkyl halides is 5. The molecule has 12 heteroatoms. The van der Waals surface area contributed by atoms with E-state index in [4.69, 9.17) is 4.74 Å². The zero-order valence-electron chi connectivity index (χ0n) is 15.8. The summed E-state index contributed by atoms with van der Waals surface area (Å²) in [7, 11) is 0. The summed E-state index contributed by atoms with van der Waals surface area (Å²) in [5.74, 6) is -3.76. The summed E-state index contributed by atoms with van der Waals surface area (Å²) < 4.78 is 43.0. The average molecular weight is 570 g/mol. The van der Waals surface area contributed by atoms with Gasteiger partial charge in [-0.15, -0.1) is 0 Å². The number of esters is 1. The number of likely N-dealkylation sites (tertiary alicyclic amines) is 1. The van der Waals surface area contributed by atoms with E-state index in [0.717, 1.165) is 23.1 Å². The minimum absolute atomic E-state index is 0.0249. The van der Waals surface area contributed by atoms with E-state index in [9.17, 15) is 32.3 Å². The third kappa shape index (κ3) is 5.46. The third-order valence-corrected chi connectivity index (χ3v) is 7.86. The van der Waals surface area contributed by atoms with E-state index in [2.05, 4.69) is 37.2 Å². The van der Waals surface area contributed by atoms with Crippen LogP contribution >= 0.6 is 31.9 Å². The van der Waals surface area contributed by atoms with E-state index < -0.39 is 60.4 Å². The summed E-state index contributed by atoms with van der Waals surface area (Å²) in [4.78, 5) is 49.9. The van der Waals surface area contributed by atoms with E-state index in [1.54, 1.807) is 0 Å². The number of benzene rings is 1. The van der Waals surface area contributed by atoms with Gasteiger partial charge in [0, 0.05) is 15.3 Å². The highest BCUT2D eigenvalue weighted by atomic mass is 79.9. The van der Waals surface area contributed by atoms with Crippen molar-refractivity contribution in [3.63, 3.8) is 0 Å². The maximum atomic E-state index is 12.7. The average Bonchev–Trinajstić information content (AvgIpc) is 2.91. The molecule has 1 saturated heterocycles. The molecule has 0 spiro atoms. The first-order valence-corrected chi connectivity index (χ1v) is 11.1. The number of amides is 3. The smallest absolute Gasteiger partial charge is 0.416 e. The Morgan fingerprint density at radius 3 is 2.23 bits per heavy atom. The highest BCUT2D eigenvalue weighted by Crippen LogP contribution is 2.43. The fourth-order valence-electron chi connectivity index (χ4n) is 3.61. The Bertz CT molecular complexity index is 883. The van der Waals surface area contributed by atoms with Crippen LogP contribution in [0.1, 0.15) is 18.4 Å². The Morgan fingerprint density at radius 2 is 1.68 bits per heavy atom. The van der Waals surface area contributed by atoms with Crippen LogP contribution in [0.3, 0.4) is 0 Å². The van der Waals surface area contributed by atoms with Gasteiger partial charge in [0.15, 0.2) is 6.61 Å². The second-order valence-corrected chi connectivity index (χ2v) is 9.62. The number of carbonyl (C=O) groups excluding carboxylic acids is 4. The van der Waals surface area contributed by atoms with Gasteiger partial charge < -0.3 is 10.1 Å². The minimum atomic E-state index is -4.57.